The van der Waals surface area contributed by atoms with Crippen LogP contribution in [0.5, 0.6) is 0 Å². The van der Waals surface area contributed by atoms with E-state index in [0.29, 0.717) is 0 Å². The molecule has 2 atom stereocenters. The summed E-state index contributed by atoms with van der Waals surface area (Å²) in [5.41, 5.74) is 0. The first-order chi connectivity index (χ1) is 6.33. The van der Waals surface area contributed by atoms with E-state index >= 15 is 0 Å². The second kappa shape index (κ2) is 6.01. The van der Waals surface area contributed by atoms with Gasteiger partial charge >= 0.3 is 0 Å². The molecule has 2 unspecified atom stereocenters. The summed E-state index contributed by atoms with van der Waals surface area (Å²) in [6.45, 7) is 2.16. The molecule has 0 saturated carbocycles. The molecule has 1 rings (SSSR count). The molecule has 0 aromatic carbocycles. The van der Waals surface area contributed by atoms with Crippen LogP contribution in [-0.4, -0.2) is 17.5 Å². The van der Waals surface area contributed by atoms with Gasteiger partial charge in [0.2, 0.25) is 0 Å². The van der Waals surface area contributed by atoms with Crippen molar-refractivity contribution in [2.45, 2.75) is 57.8 Å². The maximum absolute atomic E-state index is 9.19. The maximum Gasteiger partial charge on any atom is 0.156 e. The molecule has 1 fully saturated rings. The van der Waals surface area contributed by atoms with E-state index in [1.165, 1.54) is 6.42 Å². The van der Waals surface area contributed by atoms with E-state index in [2.05, 4.69) is 18.8 Å². The number of rotatable bonds is 2. The van der Waals surface area contributed by atoms with Crippen LogP contribution < -0.4 is 0 Å². The lowest BCUT2D eigenvalue weighted by Crippen LogP contribution is -2.25. The van der Waals surface area contributed by atoms with Crippen molar-refractivity contribution in [3.05, 3.63) is 0 Å². The van der Waals surface area contributed by atoms with Gasteiger partial charge in [-0.1, -0.05) is 19.3 Å². The Hall–Kier alpha value is -0.520. The molecule has 1 aliphatic heterocycles. The highest BCUT2D eigenvalue weighted by atomic mass is 16.6. The summed E-state index contributed by atoms with van der Waals surface area (Å²) in [4.78, 5) is 0. The van der Waals surface area contributed by atoms with E-state index < -0.39 is 6.29 Å². The highest BCUT2D eigenvalue weighted by Gasteiger charge is 2.17. The van der Waals surface area contributed by atoms with Crippen LogP contribution >= 0.6 is 0 Å². The van der Waals surface area contributed by atoms with E-state index in [4.69, 9.17) is 4.74 Å². The summed E-state index contributed by atoms with van der Waals surface area (Å²) in [6.07, 6.45) is 5.43. The molecular weight excluding hydrogens is 164 g/mol. The van der Waals surface area contributed by atoms with Crippen molar-refractivity contribution in [2.75, 3.05) is 0 Å². The number of hydrogen-bond acceptors (Lipinski definition) is 2. The molecular formula is C11H18O2. The second-order valence-corrected chi connectivity index (χ2v) is 3.43. The zero-order chi connectivity index (χ0) is 9.52. The van der Waals surface area contributed by atoms with Gasteiger partial charge in [-0.2, -0.15) is 0 Å². The lowest BCUT2D eigenvalue weighted by molar-refractivity contribution is -0.145. The summed E-state index contributed by atoms with van der Waals surface area (Å²) in [7, 11) is 0. The third kappa shape index (κ3) is 4.31. The van der Waals surface area contributed by atoms with Crippen LogP contribution in [0.15, 0.2) is 0 Å². The molecule has 74 valence electrons. The summed E-state index contributed by atoms with van der Waals surface area (Å²) in [5.74, 6) is 6.15. The molecule has 0 aromatic heterocycles. The smallest absolute Gasteiger partial charge is 0.156 e. The fourth-order valence-corrected chi connectivity index (χ4v) is 1.36. The van der Waals surface area contributed by atoms with Gasteiger partial charge in [-0.3, -0.25) is 0 Å². The molecule has 2 heteroatoms. The fraction of sp³-hybridized carbons (Fsp3) is 0.818. The van der Waals surface area contributed by atoms with Gasteiger partial charge in [0.1, 0.15) is 6.10 Å². The standard InChI is InChI=1S/C11H18O2/c1-2-3-4-5-7-10-8-6-9-11(12)13-10/h10-12H,2-4,6,8-9H2,1H3. The Morgan fingerprint density at radius 2 is 2.31 bits per heavy atom. The Labute approximate surface area is 80.3 Å². The van der Waals surface area contributed by atoms with E-state index in [-0.39, 0.29) is 6.10 Å². The Balaban J connectivity index is 2.21. The third-order valence-electron chi connectivity index (χ3n) is 2.16. The van der Waals surface area contributed by atoms with Crippen LogP contribution in [-0.2, 0) is 4.74 Å². The van der Waals surface area contributed by atoms with Gasteiger partial charge in [-0.15, -0.1) is 5.92 Å². The SMILES string of the molecule is CCCCC#CC1CCCC(O)O1. The molecule has 0 bridgehead atoms. The highest BCUT2D eigenvalue weighted by Crippen LogP contribution is 2.16. The van der Waals surface area contributed by atoms with Crippen LogP contribution in [0.2, 0.25) is 0 Å². The van der Waals surface area contributed by atoms with Gasteiger partial charge in [0.05, 0.1) is 0 Å². The first kappa shape index (κ1) is 10.6. The van der Waals surface area contributed by atoms with Gasteiger partial charge in [0.25, 0.3) is 0 Å². The molecule has 0 aromatic rings. The molecule has 1 saturated heterocycles. The van der Waals surface area contributed by atoms with Gasteiger partial charge < -0.3 is 9.84 Å². The minimum Gasteiger partial charge on any atom is -0.368 e. The van der Waals surface area contributed by atoms with Gasteiger partial charge in [0.15, 0.2) is 6.29 Å². The quantitative estimate of drug-likeness (QED) is 0.523. The normalized spacial score (nSPS) is 27.8. The summed E-state index contributed by atoms with van der Waals surface area (Å²) < 4.78 is 5.25. The number of hydrogen-bond donors (Lipinski definition) is 1. The maximum atomic E-state index is 9.19. The molecule has 0 aliphatic carbocycles. The molecule has 2 nitrogen and oxygen atoms in total. The van der Waals surface area contributed by atoms with Crippen LogP contribution in [0.3, 0.4) is 0 Å². The van der Waals surface area contributed by atoms with Crippen molar-refractivity contribution in [2.24, 2.45) is 0 Å². The topological polar surface area (TPSA) is 29.5 Å². The lowest BCUT2D eigenvalue weighted by Gasteiger charge is -2.22. The van der Waals surface area contributed by atoms with Gasteiger partial charge in [0, 0.05) is 6.42 Å². The number of aliphatic hydroxyl groups excluding tert-OH is 1. The predicted octanol–water partition coefficient (Wildman–Crippen LogP) is 2.07. The van der Waals surface area contributed by atoms with E-state index in [1.807, 2.05) is 0 Å². The first-order valence-electron chi connectivity index (χ1n) is 5.15. The minimum atomic E-state index is -0.584. The molecule has 13 heavy (non-hydrogen) atoms. The van der Waals surface area contributed by atoms with Crippen LogP contribution in [0.25, 0.3) is 0 Å². The van der Waals surface area contributed by atoms with E-state index in [0.717, 1.165) is 32.1 Å². The zero-order valence-electron chi connectivity index (χ0n) is 8.25. The molecule has 0 radical (unpaired) electrons. The molecule has 1 heterocycles. The molecule has 1 aliphatic rings. The van der Waals surface area contributed by atoms with E-state index in [1.54, 1.807) is 0 Å². The summed E-state index contributed by atoms with van der Waals surface area (Å²) >= 11 is 0. The largest absolute Gasteiger partial charge is 0.368 e. The molecule has 0 amide bonds. The number of ether oxygens (including phenoxy) is 1. The van der Waals surface area contributed by atoms with Crippen molar-refractivity contribution in [1.82, 2.24) is 0 Å². The Bertz CT molecular complexity index is 190. The van der Waals surface area contributed by atoms with Gasteiger partial charge in [-0.05, 0) is 25.7 Å². The van der Waals surface area contributed by atoms with Crippen molar-refractivity contribution in [3.8, 4) is 11.8 Å². The monoisotopic (exact) mass is 182 g/mol. The number of aliphatic hydroxyl groups is 1. The van der Waals surface area contributed by atoms with Crippen molar-refractivity contribution < 1.29 is 9.84 Å². The lowest BCUT2D eigenvalue weighted by atomic mass is 10.1. The molecule has 0 spiro atoms. The fourth-order valence-electron chi connectivity index (χ4n) is 1.36. The number of unbranched alkanes of at least 4 members (excludes halogenated alkanes) is 2. The highest BCUT2D eigenvalue weighted by molar-refractivity contribution is 5.05. The predicted molar refractivity (Wildman–Crippen MR) is 52.0 cm³/mol. The van der Waals surface area contributed by atoms with Gasteiger partial charge in [-0.25, -0.2) is 0 Å². The Morgan fingerprint density at radius 3 is 3.00 bits per heavy atom. The van der Waals surface area contributed by atoms with Crippen LogP contribution in [0.1, 0.15) is 45.4 Å². The third-order valence-corrected chi connectivity index (χ3v) is 2.16. The van der Waals surface area contributed by atoms with Crippen molar-refractivity contribution >= 4 is 0 Å². The Morgan fingerprint density at radius 1 is 1.46 bits per heavy atom. The van der Waals surface area contributed by atoms with Crippen molar-refractivity contribution in [3.63, 3.8) is 0 Å². The zero-order valence-corrected chi connectivity index (χ0v) is 8.25. The average Bonchev–Trinajstić information content (AvgIpc) is 2.13. The summed E-state index contributed by atoms with van der Waals surface area (Å²) in [6, 6.07) is 0. The van der Waals surface area contributed by atoms with Crippen LogP contribution in [0.4, 0.5) is 0 Å². The Kier molecular flexibility index (Phi) is 4.88. The molecule has 1 N–H and O–H groups in total. The van der Waals surface area contributed by atoms with Crippen LogP contribution in [0, 0.1) is 11.8 Å². The average molecular weight is 182 g/mol. The first-order valence-corrected chi connectivity index (χ1v) is 5.15. The minimum absolute atomic E-state index is 0.0272. The van der Waals surface area contributed by atoms with Crippen molar-refractivity contribution in [1.29, 1.82) is 0 Å². The second-order valence-electron chi connectivity index (χ2n) is 3.43. The summed E-state index contributed by atoms with van der Waals surface area (Å²) in [5, 5.41) is 9.19. The van der Waals surface area contributed by atoms with E-state index in [9.17, 15) is 5.11 Å².